The zero-order chi connectivity index (χ0) is 25.5. The second-order valence-corrected chi connectivity index (χ2v) is 8.82. The van der Waals surface area contributed by atoms with Crippen LogP contribution in [-0.4, -0.2) is 23.7 Å². The number of carbonyl (C=O) groups is 2. The van der Waals surface area contributed by atoms with Crippen LogP contribution < -0.4 is 5.32 Å². The predicted molar refractivity (Wildman–Crippen MR) is 139 cm³/mol. The summed E-state index contributed by atoms with van der Waals surface area (Å²) < 4.78 is 5.40. The Bertz CT molecular complexity index is 1310. The molecule has 5 nitrogen and oxygen atoms in total. The number of carbonyl (C=O) groups excluding carboxylic acids is 1. The molecule has 0 amide bonds. The van der Waals surface area contributed by atoms with Crippen LogP contribution in [0.2, 0.25) is 0 Å². The Balaban J connectivity index is 2.00. The van der Waals surface area contributed by atoms with E-state index in [0.717, 1.165) is 16.7 Å². The molecule has 3 atom stereocenters. The quantitative estimate of drug-likeness (QED) is 0.378. The van der Waals surface area contributed by atoms with Crippen LogP contribution in [0.1, 0.15) is 36.6 Å². The van der Waals surface area contributed by atoms with Crippen LogP contribution in [0.15, 0.2) is 102 Å². The van der Waals surface area contributed by atoms with Crippen LogP contribution in [0.5, 0.6) is 0 Å². The van der Waals surface area contributed by atoms with E-state index in [0.29, 0.717) is 5.70 Å². The molecule has 36 heavy (non-hydrogen) atoms. The summed E-state index contributed by atoms with van der Waals surface area (Å²) in [7, 11) is 0. The highest BCUT2D eigenvalue weighted by Gasteiger charge is 2.57. The monoisotopic (exact) mass is 479 g/mol. The maximum Gasteiger partial charge on any atom is 0.337 e. The van der Waals surface area contributed by atoms with Crippen molar-refractivity contribution in [1.82, 2.24) is 5.32 Å². The van der Waals surface area contributed by atoms with Crippen LogP contribution in [0.25, 0.3) is 0 Å². The number of rotatable bonds is 6. The van der Waals surface area contributed by atoms with Crippen LogP contribution in [0.4, 0.5) is 0 Å². The molecule has 182 valence electrons. The second kappa shape index (κ2) is 11.0. The number of benzene rings is 3. The minimum atomic E-state index is -1.49. The van der Waals surface area contributed by atoms with Crippen molar-refractivity contribution >= 4 is 11.9 Å². The van der Waals surface area contributed by atoms with Gasteiger partial charge >= 0.3 is 11.9 Å². The van der Waals surface area contributed by atoms with E-state index in [1.807, 2.05) is 91.0 Å². The summed E-state index contributed by atoms with van der Waals surface area (Å²) in [6.45, 7) is 3.69. The molecule has 0 radical (unpaired) electrons. The molecule has 1 aliphatic rings. The van der Waals surface area contributed by atoms with Gasteiger partial charge in [-0.3, -0.25) is 4.79 Å². The van der Waals surface area contributed by atoms with Crippen molar-refractivity contribution in [2.24, 2.45) is 11.3 Å². The fourth-order valence-corrected chi connectivity index (χ4v) is 4.91. The maximum atomic E-state index is 13.4. The van der Waals surface area contributed by atoms with E-state index in [9.17, 15) is 14.7 Å². The average Bonchev–Trinajstić information content (AvgIpc) is 2.90. The van der Waals surface area contributed by atoms with E-state index in [2.05, 4.69) is 17.2 Å². The Morgan fingerprint density at radius 3 is 2.11 bits per heavy atom. The molecule has 1 heterocycles. The van der Waals surface area contributed by atoms with Crippen LogP contribution >= 0.6 is 0 Å². The highest BCUT2D eigenvalue weighted by molar-refractivity contribution is 5.93. The number of aliphatic carboxylic acids is 1. The maximum absolute atomic E-state index is 13.4. The van der Waals surface area contributed by atoms with Crippen molar-refractivity contribution in [3.05, 3.63) is 119 Å². The van der Waals surface area contributed by atoms with Gasteiger partial charge in [0.25, 0.3) is 0 Å². The molecule has 5 heteroatoms. The molecule has 3 aromatic carbocycles. The van der Waals surface area contributed by atoms with Gasteiger partial charge in [0.1, 0.15) is 5.41 Å². The Morgan fingerprint density at radius 2 is 1.53 bits per heavy atom. The van der Waals surface area contributed by atoms with Gasteiger partial charge < -0.3 is 15.2 Å². The molecule has 0 aromatic heterocycles. The number of esters is 1. The fourth-order valence-electron chi connectivity index (χ4n) is 4.91. The molecule has 1 aliphatic heterocycles. The van der Waals surface area contributed by atoms with Crippen LogP contribution in [0, 0.1) is 23.2 Å². The molecule has 3 unspecified atom stereocenters. The molecule has 0 saturated heterocycles. The number of hydrogen-bond donors (Lipinski definition) is 2. The lowest BCUT2D eigenvalue weighted by molar-refractivity contribution is -0.154. The summed E-state index contributed by atoms with van der Waals surface area (Å²) in [5.41, 5.74) is 1.73. The van der Waals surface area contributed by atoms with E-state index >= 15 is 0 Å². The molecule has 0 saturated carbocycles. The standard InChI is InChI=1S/C31H29NO4/c1-3-36-29(33)27-22(2)32-28(25-17-11-6-12-18-25)31(30(34)35,21-24-15-9-5-10-16-24)26(27)20-19-23-13-7-4-8-14-23/h4-18,26,28,32H,3,21H2,1-2H3,(H,34,35). The van der Waals surface area contributed by atoms with E-state index in [1.54, 1.807) is 13.8 Å². The molecule has 0 aliphatic carbocycles. The highest BCUT2D eigenvalue weighted by atomic mass is 16.5. The van der Waals surface area contributed by atoms with E-state index < -0.39 is 29.3 Å². The first-order valence-electron chi connectivity index (χ1n) is 12.0. The molecule has 0 fully saturated rings. The molecule has 0 bridgehead atoms. The van der Waals surface area contributed by atoms with Crippen molar-refractivity contribution in [3.8, 4) is 11.8 Å². The minimum Gasteiger partial charge on any atom is -0.481 e. The van der Waals surface area contributed by atoms with Crippen molar-refractivity contribution < 1.29 is 19.4 Å². The molecule has 2 N–H and O–H groups in total. The van der Waals surface area contributed by atoms with Gasteiger partial charge in [0.15, 0.2) is 0 Å². The van der Waals surface area contributed by atoms with Gasteiger partial charge in [-0.2, -0.15) is 0 Å². The fraction of sp³-hybridized carbons (Fsp3) is 0.226. The summed E-state index contributed by atoms with van der Waals surface area (Å²) in [5, 5.41) is 14.4. The Labute approximate surface area is 211 Å². The Morgan fingerprint density at radius 1 is 0.944 bits per heavy atom. The third-order valence-electron chi connectivity index (χ3n) is 6.58. The predicted octanol–water partition coefficient (Wildman–Crippen LogP) is 5.15. The SMILES string of the molecule is CCOC(=O)C1=C(C)NC(c2ccccc2)C(Cc2ccccc2)(C(=O)O)C1C#Cc1ccccc1. The molecular weight excluding hydrogens is 450 g/mol. The van der Waals surface area contributed by atoms with Crippen molar-refractivity contribution in [2.75, 3.05) is 6.61 Å². The number of allylic oxidation sites excluding steroid dienone is 1. The van der Waals surface area contributed by atoms with Crippen LogP contribution in [0.3, 0.4) is 0 Å². The van der Waals surface area contributed by atoms with E-state index in [1.165, 1.54) is 0 Å². The molecule has 4 rings (SSSR count). The lowest BCUT2D eigenvalue weighted by Gasteiger charge is -2.46. The summed E-state index contributed by atoms with van der Waals surface area (Å²) in [4.78, 5) is 26.7. The lowest BCUT2D eigenvalue weighted by Crippen LogP contribution is -2.55. The number of carboxylic acid groups (broad SMARTS) is 1. The summed E-state index contributed by atoms with van der Waals surface area (Å²) >= 11 is 0. The summed E-state index contributed by atoms with van der Waals surface area (Å²) in [6.07, 6.45) is 0.167. The van der Waals surface area contributed by atoms with Gasteiger partial charge in [0.2, 0.25) is 0 Å². The molecular formula is C31H29NO4. The second-order valence-electron chi connectivity index (χ2n) is 8.82. The van der Waals surface area contributed by atoms with Gasteiger partial charge in [-0.05, 0) is 43.5 Å². The van der Waals surface area contributed by atoms with Crippen LogP contribution in [-0.2, 0) is 20.7 Å². The van der Waals surface area contributed by atoms with Crippen molar-refractivity contribution in [2.45, 2.75) is 26.3 Å². The number of nitrogens with one attached hydrogen (secondary N) is 1. The first-order chi connectivity index (χ1) is 17.5. The van der Waals surface area contributed by atoms with Gasteiger partial charge in [-0.25, -0.2) is 4.79 Å². The Kier molecular flexibility index (Phi) is 7.56. The highest BCUT2D eigenvalue weighted by Crippen LogP contribution is 2.50. The van der Waals surface area contributed by atoms with Crippen molar-refractivity contribution in [1.29, 1.82) is 0 Å². The Hall–Kier alpha value is -4.30. The lowest BCUT2D eigenvalue weighted by atomic mass is 9.60. The smallest absolute Gasteiger partial charge is 0.337 e. The van der Waals surface area contributed by atoms with Gasteiger partial charge in [0.05, 0.1) is 24.1 Å². The first kappa shape index (κ1) is 24.8. The van der Waals surface area contributed by atoms with Gasteiger partial charge in [-0.15, -0.1) is 0 Å². The summed E-state index contributed by atoms with van der Waals surface area (Å²) in [6, 6.07) is 27.7. The van der Waals surface area contributed by atoms with Crippen molar-refractivity contribution in [3.63, 3.8) is 0 Å². The number of ether oxygens (including phenoxy) is 1. The first-order valence-corrected chi connectivity index (χ1v) is 12.0. The minimum absolute atomic E-state index is 0.167. The largest absolute Gasteiger partial charge is 0.481 e. The van der Waals surface area contributed by atoms with E-state index in [4.69, 9.17) is 4.74 Å². The average molecular weight is 480 g/mol. The van der Waals surface area contributed by atoms with Gasteiger partial charge in [-0.1, -0.05) is 90.7 Å². The van der Waals surface area contributed by atoms with E-state index in [-0.39, 0.29) is 18.6 Å². The third kappa shape index (κ3) is 4.89. The summed E-state index contributed by atoms with van der Waals surface area (Å²) in [5.74, 6) is 3.85. The zero-order valence-corrected chi connectivity index (χ0v) is 20.4. The number of hydrogen-bond acceptors (Lipinski definition) is 4. The third-order valence-corrected chi connectivity index (χ3v) is 6.58. The normalized spacial score (nSPS) is 21.1. The molecule has 0 spiro atoms. The molecule has 3 aromatic rings. The van der Waals surface area contributed by atoms with Gasteiger partial charge in [0, 0.05) is 11.3 Å². The zero-order valence-electron chi connectivity index (χ0n) is 20.4. The topological polar surface area (TPSA) is 75.6 Å². The number of carboxylic acids is 1.